The van der Waals surface area contributed by atoms with E-state index < -0.39 is 12.1 Å². The number of carbonyl (C=O) groups excluding carboxylic acids is 2. The largest absolute Gasteiger partial charge is 0.466 e. The first-order valence-corrected chi connectivity index (χ1v) is 30.7. The first-order chi connectivity index (χ1) is 34.0. The quantitative estimate of drug-likeness (QED) is 0.0321. The lowest BCUT2D eigenvalue weighted by atomic mass is 10.0. The number of rotatable bonds is 57. The molecule has 1 amide bonds. The van der Waals surface area contributed by atoms with E-state index in [0.29, 0.717) is 25.9 Å². The molecule has 0 fully saturated rings. The van der Waals surface area contributed by atoms with E-state index in [-0.39, 0.29) is 18.5 Å². The van der Waals surface area contributed by atoms with Crippen molar-refractivity contribution in [3.63, 3.8) is 0 Å². The molecule has 0 heterocycles. The molecule has 0 aliphatic rings. The number of amides is 1. The lowest BCUT2D eigenvalue weighted by molar-refractivity contribution is -0.143. The summed E-state index contributed by atoms with van der Waals surface area (Å²) in [7, 11) is 0. The van der Waals surface area contributed by atoms with Crippen molar-refractivity contribution < 1.29 is 24.5 Å². The number of carbonyl (C=O) groups is 2. The monoisotopic (exact) mass is 970 g/mol. The van der Waals surface area contributed by atoms with Gasteiger partial charge in [0.25, 0.3) is 0 Å². The van der Waals surface area contributed by atoms with Gasteiger partial charge in [-0.25, -0.2) is 0 Å². The van der Waals surface area contributed by atoms with E-state index >= 15 is 0 Å². The Hall–Kier alpha value is -1.92. The number of esters is 1. The van der Waals surface area contributed by atoms with E-state index in [1.807, 2.05) is 0 Å². The number of nitrogens with one attached hydrogen (secondary N) is 1. The van der Waals surface area contributed by atoms with Gasteiger partial charge in [0.1, 0.15) is 0 Å². The maximum atomic E-state index is 12.5. The summed E-state index contributed by atoms with van der Waals surface area (Å²) >= 11 is 0. The standard InChI is InChI=1S/C63H119NO5/c1-3-5-7-9-11-13-15-17-18-28-32-35-39-43-47-51-55-61(66)60(59-65)64-62(67)56-52-48-44-40-36-33-29-26-24-22-20-19-21-23-25-27-30-34-38-42-46-50-54-58-69-63(68)57-53-49-45-41-37-31-16-14-12-10-8-6-4-2/h14,16,19,21-22,24,60-61,65-66H,3-13,15,17-18,20,23,25-59H2,1-2H3,(H,64,67)/b16-14-,21-19-,24-22-. The fourth-order valence-electron chi connectivity index (χ4n) is 9.43. The van der Waals surface area contributed by atoms with Crippen LogP contribution in [0.15, 0.2) is 36.5 Å². The molecule has 0 aliphatic carbocycles. The summed E-state index contributed by atoms with van der Waals surface area (Å²) in [6.07, 6.45) is 72.9. The van der Waals surface area contributed by atoms with Crippen LogP contribution in [0.2, 0.25) is 0 Å². The number of hydrogen-bond acceptors (Lipinski definition) is 5. The average Bonchev–Trinajstić information content (AvgIpc) is 3.35. The number of aliphatic hydroxyl groups excluding tert-OH is 2. The summed E-state index contributed by atoms with van der Waals surface area (Å²) in [6, 6.07) is -0.549. The summed E-state index contributed by atoms with van der Waals surface area (Å²) in [5.74, 6) is -0.0462. The second-order valence-corrected chi connectivity index (χ2v) is 21.0. The van der Waals surface area contributed by atoms with Crippen molar-refractivity contribution in [3.8, 4) is 0 Å². The van der Waals surface area contributed by atoms with Crippen LogP contribution < -0.4 is 5.32 Å². The van der Waals surface area contributed by atoms with Gasteiger partial charge in [0.15, 0.2) is 0 Å². The predicted octanol–water partition coefficient (Wildman–Crippen LogP) is 19.2. The summed E-state index contributed by atoms with van der Waals surface area (Å²) in [5, 5.41) is 23.3. The van der Waals surface area contributed by atoms with Crippen LogP contribution in [0.3, 0.4) is 0 Å². The second kappa shape index (κ2) is 58.6. The minimum Gasteiger partial charge on any atom is -0.466 e. The van der Waals surface area contributed by atoms with Crippen LogP contribution >= 0.6 is 0 Å². The van der Waals surface area contributed by atoms with E-state index in [1.54, 1.807) is 0 Å². The molecule has 0 bridgehead atoms. The molecule has 0 saturated heterocycles. The van der Waals surface area contributed by atoms with Gasteiger partial charge in [-0.2, -0.15) is 0 Å². The molecule has 2 atom stereocenters. The number of unbranched alkanes of at least 4 members (excludes halogenated alkanes) is 40. The molecule has 3 N–H and O–H groups in total. The highest BCUT2D eigenvalue weighted by Crippen LogP contribution is 2.17. The van der Waals surface area contributed by atoms with Gasteiger partial charge in [0.05, 0.1) is 25.4 Å². The fraction of sp³-hybridized carbons (Fsp3) is 0.873. The Morgan fingerprint density at radius 3 is 1.13 bits per heavy atom. The molecule has 6 nitrogen and oxygen atoms in total. The highest BCUT2D eigenvalue weighted by atomic mass is 16.5. The molecule has 406 valence electrons. The summed E-state index contributed by atoms with van der Waals surface area (Å²) in [6.45, 7) is 4.94. The Kier molecular flexibility index (Phi) is 57.0. The molecule has 0 saturated carbocycles. The highest BCUT2D eigenvalue weighted by Gasteiger charge is 2.20. The van der Waals surface area contributed by atoms with E-state index in [2.05, 4.69) is 55.6 Å². The molecule has 2 unspecified atom stereocenters. The van der Waals surface area contributed by atoms with Crippen molar-refractivity contribution in [2.45, 2.75) is 341 Å². The molecule has 0 aromatic carbocycles. The zero-order valence-corrected chi connectivity index (χ0v) is 46.3. The number of allylic oxidation sites excluding steroid dienone is 6. The topological polar surface area (TPSA) is 95.9 Å². The predicted molar refractivity (Wildman–Crippen MR) is 301 cm³/mol. The van der Waals surface area contributed by atoms with Crippen molar-refractivity contribution in [2.24, 2.45) is 0 Å². The lowest BCUT2D eigenvalue weighted by Gasteiger charge is -2.22. The van der Waals surface area contributed by atoms with Crippen molar-refractivity contribution in [1.29, 1.82) is 0 Å². The summed E-state index contributed by atoms with van der Waals surface area (Å²) in [5.41, 5.74) is 0. The van der Waals surface area contributed by atoms with Gasteiger partial charge < -0.3 is 20.3 Å². The second-order valence-electron chi connectivity index (χ2n) is 21.0. The van der Waals surface area contributed by atoms with Gasteiger partial charge in [-0.05, 0) is 83.5 Å². The van der Waals surface area contributed by atoms with Crippen molar-refractivity contribution >= 4 is 11.9 Å². The van der Waals surface area contributed by atoms with E-state index in [1.165, 1.54) is 238 Å². The third kappa shape index (κ3) is 55.2. The van der Waals surface area contributed by atoms with Crippen LogP contribution in [0.4, 0.5) is 0 Å². The third-order valence-electron chi connectivity index (χ3n) is 14.2. The van der Waals surface area contributed by atoms with E-state index in [9.17, 15) is 19.8 Å². The minimum absolute atomic E-state index is 0.00221. The molecule has 0 spiro atoms. The van der Waals surface area contributed by atoms with E-state index in [0.717, 1.165) is 57.8 Å². The van der Waals surface area contributed by atoms with Crippen LogP contribution in [-0.4, -0.2) is 47.4 Å². The van der Waals surface area contributed by atoms with Gasteiger partial charge in [-0.15, -0.1) is 0 Å². The minimum atomic E-state index is -0.671. The van der Waals surface area contributed by atoms with E-state index in [4.69, 9.17) is 4.74 Å². The zero-order valence-electron chi connectivity index (χ0n) is 46.3. The molecule has 0 radical (unpaired) electrons. The molecule has 69 heavy (non-hydrogen) atoms. The van der Waals surface area contributed by atoms with Crippen LogP contribution in [0.1, 0.15) is 328 Å². The smallest absolute Gasteiger partial charge is 0.305 e. The fourth-order valence-corrected chi connectivity index (χ4v) is 9.43. The molecule has 0 aliphatic heterocycles. The Labute approximate surface area is 430 Å². The third-order valence-corrected chi connectivity index (χ3v) is 14.2. The maximum Gasteiger partial charge on any atom is 0.305 e. The molecule has 0 rings (SSSR count). The Morgan fingerprint density at radius 1 is 0.406 bits per heavy atom. The highest BCUT2D eigenvalue weighted by molar-refractivity contribution is 5.76. The van der Waals surface area contributed by atoms with Crippen molar-refractivity contribution in [2.75, 3.05) is 13.2 Å². The van der Waals surface area contributed by atoms with Gasteiger partial charge in [0.2, 0.25) is 5.91 Å². The van der Waals surface area contributed by atoms with Crippen molar-refractivity contribution in [1.82, 2.24) is 5.32 Å². The van der Waals surface area contributed by atoms with Crippen LogP contribution in [0.5, 0.6) is 0 Å². The molecular formula is C63H119NO5. The van der Waals surface area contributed by atoms with Crippen LogP contribution in [0.25, 0.3) is 0 Å². The first-order valence-electron chi connectivity index (χ1n) is 30.7. The van der Waals surface area contributed by atoms with Gasteiger partial charge in [-0.1, -0.05) is 269 Å². The lowest BCUT2D eigenvalue weighted by Crippen LogP contribution is -2.45. The molecule has 0 aromatic rings. The summed E-state index contributed by atoms with van der Waals surface area (Å²) in [4.78, 5) is 24.5. The van der Waals surface area contributed by atoms with Crippen molar-refractivity contribution in [3.05, 3.63) is 36.5 Å². The average molecular weight is 971 g/mol. The van der Waals surface area contributed by atoms with Gasteiger partial charge in [-0.3, -0.25) is 9.59 Å². The first kappa shape index (κ1) is 67.1. The maximum absolute atomic E-state index is 12.5. The van der Waals surface area contributed by atoms with Gasteiger partial charge in [0, 0.05) is 12.8 Å². The normalized spacial score (nSPS) is 12.8. The number of aliphatic hydroxyl groups is 2. The van der Waals surface area contributed by atoms with Crippen LogP contribution in [0, 0.1) is 0 Å². The number of ether oxygens (including phenoxy) is 1. The molecule has 6 heteroatoms. The Morgan fingerprint density at radius 2 is 0.725 bits per heavy atom. The SMILES string of the molecule is CCCCCC/C=C\CCCCCCCC(=O)OCCCCCCCCCCC/C=C\C/C=C\CCCCCCCCCC(=O)NC(CO)C(O)CCCCCCCCCCCCCCCCCC. The number of hydrogen-bond donors (Lipinski definition) is 3. The zero-order chi connectivity index (χ0) is 50.0. The van der Waals surface area contributed by atoms with Gasteiger partial charge >= 0.3 is 5.97 Å². The Bertz CT molecular complexity index is 1120. The molecule has 0 aromatic heterocycles. The Balaban J connectivity index is 3.46. The van der Waals surface area contributed by atoms with Crippen LogP contribution in [-0.2, 0) is 14.3 Å². The summed E-state index contributed by atoms with van der Waals surface area (Å²) < 4.78 is 5.46. The molecular weight excluding hydrogens is 851 g/mol.